The fraction of sp³-hybridized carbons (Fsp3) is 0.267. The van der Waals surface area contributed by atoms with Crippen molar-refractivity contribution in [3.05, 3.63) is 47.4 Å². The molecule has 0 bridgehead atoms. The Morgan fingerprint density at radius 3 is 2.67 bits per heavy atom. The fourth-order valence-corrected chi connectivity index (χ4v) is 1.86. The highest BCUT2D eigenvalue weighted by Crippen LogP contribution is 2.25. The molecule has 18 heavy (non-hydrogen) atoms. The second-order valence-corrected chi connectivity index (χ2v) is 4.65. The molecule has 1 heterocycles. The van der Waals surface area contributed by atoms with E-state index in [1.165, 1.54) is 5.56 Å². The van der Waals surface area contributed by atoms with Crippen LogP contribution in [-0.2, 0) is 0 Å². The minimum absolute atomic E-state index is 0.224. The molecule has 2 aromatic rings. The van der Waals surface area contributed by atoms with E-state index >= 15 is 0 Å². The van der Waals surface area contributed by atoms with E-state index in [-0.39, 0.29) is 5.82 Å². The normalized spacial score (nSPS) is 10.7. The third-order valence-corrected chi connectivity index (χ3v) is 2.98. The van der Waals surface area contributed by atoms with Crippen LogP contribution in [0.3, 0.4) is 0 Å². The zero-order chi connectivity index (χ0) is 13.1. The lowest BCUT2D eigenvalue weighted by atomic mass is 9.96. The number of aromatic nitrogens is 2. The molecular formula is C15H16N2O. The molecule has 92 valence electrons. The van der Waals surface area contributed by atoms with Crippen molar-refractivity contribution in [2.75, 3.05) is 0 Å². The van der Waals surface area contributed by atoms with Crippen molar-refractivity contribution in [1.29, 1.82) is 0 Å². The number of aryl methyl sites for hydroxylation is 1. The molecule has 0 radical (unpaired) electrons. The predicted octanol–water partition coefficient (Wildman–Crippen LogP) is 3.39. The Kier molecular flexibility index (Phi) is 3.51. The van der Waals surface area contributed by atoms with Gasteiger partial charge < -0.3 is 0 Å². The van der Waals surface area contributed by atoms with Crippen LogP contribution in [0.2, 0.25) is 0 Å². The second kappa shape index (κ2) is 5.08. The Balaban J connectivity index is 2.54. The van der Waals surface area contributed by atoms with Gasteiger partial charge in [-0.3, -0.25) is 4.79 Å². The number of hydrogen-bond acceptors (Lipinski definition) is 3. The van der Waals surface area contributed by atoms with E-state index in [9.17, 15) is 4.79 Å². The van der Waals surface area contributed by atoms with E-state index in [1.54, 1.807) is 6.20 Å². The molecule has 3 heteroatoms. The van der Waals surface area contributed by atoms with Gasteiger partial charge in [-0.1, -0.05) is 26.0 Å². The van der Waals surface area contributed by atoms with Crippen LogP contribution in [0.4, 0.5) is 0 Å². The molecule has 0 aliphatic carbocycles. The summed E-state index contributed by atoms with van der Waals surface area (Å²) in [6.45, 7) is 6.36. The summed E-state index contributed by atoms with van der Waals surface area (Å²) in [7, 11) is 0. The first kappa shape index (κ1) is 12.4. The smallest absolute Gasteiger partial charge is 0.193 e. The molecule has 0 unspecified atom stereocenters. The van der Waals surface area contributed by atoms with Crippen LogP contribution in [0.1, 0.15) is 41.5 Å². The van der Waals surface area contributed by atoms with Gasteiger partial charge in [0.2, 0.25) is 0 Å². The number of carbonyl (C=O) groups is 1. The van der Waals surface area contributed by atoms with E-state index in [2.05, 4.69) is 42.0 Å². The second-order valence-electron chi connectivity index (χ2n) is 4.65. The summed E-state index contributed by atoms with van der Waals surface area (Å²) in [5.41, 5.74) is 4.27. The Bertz CT molecular complexity index is 576. The summed E-state index contributed by atoms with van der Waals surface area (Å²) >= 11 is 0. The summed E-state index contributed by atoms with van der Waals surface area (Å²) in [5, 5.41) is 0. The van der Waals surface area contributed by atoms with Gasteiger partial charge in [-0.15, -0.1) is 0 Å². The van der Waals surface area contributed by atoms with Crippen molar-refractivity contribution >= 4 is 6.29 Å². The average Bonchev–Trinajstić information content (AvgIpc) is 2.39. The van der Waals surface area contributed by atoms with Gasteiger partial charge in [0.1, 0.15) is 0 Å². The molecular weight excluding hydrogens is 224 g/mol. The van der Waals surface area contributed by atoms with Crippen LogP contribution in [-0.4, -0.2) is 16.3 Å². The summed E-state index contributed by atoms with van der Waals surface area (Å²) in [6, 6.07) is 8.19. The summed E-state index contributed by atoms with van der Waals surface area (Å²) < 4.78 is 0. The molecule has 0 N–H and O–H groups in total. The topological polar surface area (TPSA) is 42.9 Å². The molecule has 0 saturated carbocycles. The molecule has 0 fully saturated rings. The van der Waals surface area contributed by atoms with Crippen molar-refractivity contribution < 1.29 is 4.79 Å². The molecule has 0 aliphatic rings. The van der Waals surface area contributed by atoms with E-state index in [0.717, 1.165) is 16.8 Å². The van der Waals surface area contributed by atoms with E-state index in [4.69, 9.17) is 0 Å². The van der Waals surface area contributed by atoms with Crippen LogP contribution in [0.15, 0.2) is 30.5 Å². The third kappa shape index (κ3) is 2.45. The van der Waals surface area contributed by atoms with Gasteiger partial charge in [0.15, 0.2) is 12.1 Å². The first-order chi connectivity index (χ1) is 8.61. The minimum atomic E-state index is 0.224. The van der Waals surface area contributed by atoms with Crippen molar-refractivity contribution in [3.63, 3.8) is 0 Å². The summed E-state index contributed by atoms with van der Waals surface area (Å²) in [5.74, 6) is 0.693. The largest absolute Gasteiger partial charge is 0.294 e. The van der Waals surface area contributed by atoms with Gasteiger partial charge in [0.05, 0.1) is 5.69 Å². The molecule has 3 nitrogen and oxygen atoms in total. The van der Waals surface area contributed by atoms with Crippen LogP contribution in [0.5, 0.6) is 0 Å². The SMILES string of the molecule is Cc1ccc(C(C)C)cc1-c1ccnc(C=O)n1. The zero-order valence-electron chi connectivity index (χ0n) is 10.8. The predicted molar refractivity (Wildman–Crippen MR) is 71.7 cm³/mol. The van der Waals surface area contributed by atoms with Crippen LogP contribution < -0.4 is 0 Å². The Morgan fingerprint density at radius 1 is 1.22 bits per heavy atom. The molecule has 0 saturated heterocycles. The molecule has 0 aliphatic heterocycles. The number of nitrogens with zero attached hydrogens (tertiary/aromatic N) is 2. The maximum absolute atomic E-state index is 10.7. The standard InChI is InChI=1S/C15H16N2O/c1-10(2)12-5-4-11(3)13(8-12)14-6-7-16-15(9-18)17-14/h4-10H,1-3H3. The van der Waals surface area contributed by atoms with Crippen molar-refractivity contribution in [3.8, 4) is 11.3 Å². The molecule has 2 rings (SSSR count). The molecule has 1 aromatic carbocycles. The molecule has 1 aromatic heterocycles. The van der Waals surface area contributed by atoms with E-state index in [1.807, 2.05) is 13.0 Å². The fourth-order valence-electron chi connectivity index (χ4n) is 1.86. The third-order valence-electron chi connectivity index (χ3n) is 2.98. The number of rotatable bonds is 3. The first-order valence-electron chi connectivity index (χ1n) is 6.01. The van der Waals surface area contributed by atoms with Gasteiger partial charge in [-0.2, -0.15) is 0 Å². The van der Waals surface area contributed by atoms with Crippen molar-refractivity contribution in [1.82, 2.24) is 9.97 Å². The lowest BCUT2D eigenvalue weighted by Gasteiger charge is -2.11. The highest BCUT2D eigenvalue weighted by molar-refractivity contribution is 5.72. The van der Waals surface area contributed by atoms with E-state index < -0.39 is 0 Å². The molecule has 0 spiro atoms. The summed E-state index contributed by atoms with van der Waals surface area (Å²) in [4.78, 5) is 18.9. The Labute approximate surface area is 107 Å². The highest BCUT2D eigenvalue weighted by Gasteiger charge is 2.08. The van der Waals surface area contributed by atoms with Gasteiger partial charge >= 0.3 is 0 Å². The average molecular weight is 240 g/mol. The number of carbonyl (C=O) groups excluding carboxylic acids is 1. The van der Waals surface area contributed by atoms with Gasteiger partial charge in [-0.05, 0) is 36.1 Å². The van der Waals surface area contributed by atoms with Crippen LogP contribution >= 0.6 is 0 Å². The van der Waals surface area contributed by atoms with Crippen LogP contribution in [0, 0.1) is 6.92 Å². The molecule has 0 amide bonds. The van der Waals surface area contributed by atoms with Crippen molar-refractivity contribution in [2.45, 2.75) is 26.7 Å². The monoisotopic (exact) mass is 240 g/mol. The zero-order valence-corrected chi connectivity index (χ0v) is 10.8. The van der Waals surface area contributed by atoms with Gasteiger partial charge in [-0.25, -0.2) is 9.97 Å². The number of benzene rings is 1. The highest BCUT2D eigenvalue weighted by atomic mass is 16.1. The van der Waals surface area contributed by atoms with Gasteiger partial charge in [0, 0.05) is 11.8 Å². The van der Waals surface area contributed by atoms with Crippen molar-refractivity contribution in [2.24, 2.45) is 0 Å². The summed E-state index contributed by atoms with van der Waals surface area (Å²) in [6.07, 6.45) is 2.29. The number of hydrogen-bond donors (Lipinski definition) is 0. The van der Waals surface area contributed by atoms with Crippen LogP contribution in [0.25, 0.3) is 11.3 Å². The maximum atomic E-state index is 10.7. The number of aldehydes is 1. The minimum Gasteiger partial charge on any atom is -0.294 e. The van der Waals surface area contributed by atoms with Gasteiger partial charge in [0.25, 0.3) is 0 Å². The molecule has 0 atom stereocenters. The first-order valence-corrected chi connectivity index (χ1v) is 6.01. The maximum Gasteiger partial charge on any atom is 0.193 e. The Hall–Kier alpha value is -2.03. The lowest BCUT2D eigenvalue weighted by molar-refractivity contribution is 0.111. The van der Waals surface area contributed by atoms with E-state index in [0.29, 0.717) is 12.2 Å². The quantitative estimate of drug-likeness (QED) is 0.772. The lowest BCUT2D eigenvalue weighted by Crippen LogP contribution is -1.96. The Morgan fingerprint density at radius 2 is 2.00 bits per heavy atom.